The van der Waals surface area contributed by atoms with Gasteiger partial charge in [0.25, 0.3) is 5.91 Å². The second kappa shape index (κ2) is 8.89. The molecule has 3 amide bonds. The highest BCUT2D eigenvalue weighted by atomic mass is 16.3. The van der Waals surface area contributed by atoms with Crippen molar-refractivity contribution in [3.05, 3.63) is 54.0 Å². The first-order valence-electron chi connectivity index (χ1n) is 8.27. The quantitative estimate of drug-likeness (QED) is 0.685. The van der Waals surface area contributed by atoms with E-state index in [2.05, 4.69) is 29.4 Å². The van der Waals surface area contributed by atoms with Gasteiger partial charge < -0.3 is 20.8 Å². The Labute approximate surface area is 147 Å². The number of nitrogens with one attached hydrogen (secondary N) is 2. The zero-order valence-corrected chi connectivity index (χ0v) is 14.5. The van der Waals surface area contributed by atoms with Gasteiger partial charge in [0, 0.05) is 17.8 Å². The highest BCUT2D eigenvalue weighted by molar-refractivity contribution is 5.96. The molecule has 0 radical (unpaired) electrons. The number of benzene rings is 1. The molecule has 2 aromatic rings. The molecule has 0 fully saturated rings. The Morgan fingerprint density at radius 3 is 2.56 bits per heavy atom. The molecule has 1 aromatic heterocycles. The summed E-state index contributed by atoms with van der Waals surface area (Å²) in [6.45, 7) is 6.24. The normalized spacial score (nSPS) is 12.0. The van der Waals surface area contributed by atoms with Crippen molar-refractivity contribution in [3.63, 3.8) is 0 Å². The summed E-state index contributed by atoms with van der Waals surface area (Å²) in [6, 6.07) is 9.66. The molecular formula is C18H24N4O3. The fraction of sp³-hybridized carbons (Fsp3) is 0.333. The zero-order chi connectivity index (χ0) is 18.2. The minimum Gasteiger partial charge on any atom is -0.468 e. The summed E-state index contributed by atoms with van der Waals surface area (Å²) in [6.07, 6.45) is 1.63. The Morgan fingerprint density at radius 1 is 1.20 bits per heavy atom. The van der Waals surface area contributed by atoms with Crippen molar-refractivity contribution in [2.24, 2.45) is 5.73 Å². The van der Waals surface area contributed by atoms with Gasteiger partial charge in [0.1, 0.15) is 5.76 Å². The first kappa shape index (κ1) is 18.5. The van der Waals surface area contributed by atoms with Crippen molar-refractivity contribution in [1.82, 2.24) is 10.2 Å². The summed E-state index contributed by atoms with van der Waals surface area (Å²) >= 11 is 0. The standard InChI is InChI=1S/C18H24N4O3/c1-3-22(4-2)15(16-9-6-10-25-16)12-20-17(23)13-7-5-8-14(11-13)21-18(19)24/h5-11,15H,3-4,12H2,1-2H3,(H,20,23)(H3,19,21,24). The minimum atomic E-state index is -0.669. The molecule has 2 rings (SSSR count). The van der Waals surface area contributed by atoms with Crippen LogP contribution in [-0.4, -0.2) is 36.5 Å². The van der Waals surface area contributed by atoms with E-state index in [0.29, 0.717) is 17.8 Å². The van der Waals surface area contributed by atoms with Crippen LogP contribution in [0.15, 0.2) is 47.1 Å². The molecule has 1 unspecified atom stereocenters. The van der Waals surface area contributed by atoms with E-state index >= 15 is 0 Å². The number of nitrogens with zero attached hydrogens (tertiary/aromatic N) is 1. The second-order valence-corrected chi connectivity index (χ2v) is 5.53. The Bertz CT molecular complexity index is 696. The van der Waals surface area contributed by atoms with Crippen molar-refractivity contribution in [3.8, 4) is 0 Å². The number of likely N-dealkylation sites (N-methyl/N-ethyl adjacent to an activating group) is 1. The number of furan rings is 1. The fourth-order valence-corrected chi connectivity index (χ4v) is 2.73. The monoisotopic (exact) mass is 344 g/mol. The fourth-order valence-electron chi connectivity index (χ4n) is 2.73. The highest BCUT2D eigenvalue weighted by Gasteiger charge is 2.21. The average Bonchev–Trinajstić information content (AvgIpc) is 3.12. The molecule has 0 aliphatic rings. The van der Waals surface area contributed by atoms with E-state index in [1.54, 1.807) is 30.5 Å². The van der Waals surface area contributed by atoms with Crippen molar-refractivity contribution in [1.29, 1.82) is 0 Å². The summed E-state index contributed by atoms with van der Waals surface area (Å²) < 4.78 is 5.53. The lowest BCUT2D eigenvalue weighted by Gasteiger charge is -2.28. The predicted octanol–water partition coefficient (Wildman–Crippen LogP) is 2.58. The maximum atomic E-state index is 12.5. The van der Waals surface area contributed by atoms with Crippen LogP contribution in [-0.2, 0) is 0 Å². The molecular weight excluding hydrogens is 320 g/mol. The number of amides is 3. The first-order chi connectivity index (χ1) is 12.0. The van der Waals surface area contributed by atoms with Crippen LogP contribution in [0.25, 0.3) is 0 Å². The third-order valence-electron chi connectivity index (χ3n) is 3.97. The Hall–Kier alpha value is -2.80. The molecule has 4 N–H and O–H groups in total. The van der Waals surface area contributed by atoms with Crippen LogP contribution in [0.1, 0.15) is 36.0 Å². The van der Waals surface area contributed by atoms with Gasteiger partial charge in [0.15, 0.2) is 0 Å². The molecule has 0 bridgehead atoms. The third-order valence-corrected chi connectivity index (χ3v) is 3.97. The molecule has 25 heavy (non-hydrogen) atoms. The van der Waals surface area contributed by atoms with E-state index in [-0.39, 0.29) is 11.9 Å². The number of rotatable bonds is 8. The Morgan fingerprint density at radius 2 is 1.96 bits per heavy atom. The van der Waals surface area contributed by atoms with Gasteiger partial charge in [-0.3, -0.25) is 9.69 Å². The SMILES string of the molecule is CCN(CC)C(CNC(=O)c1cccc(NC(N)=O)c1)c1ccco1. The number of primary amides is 1. The van der Waals surface area contributed by atoms with Crippen molar-refractivity contribution in [2.45, 2.75) is 19.9 Å². The Balaban J connectivity index is 2.07. The van der Waals surface area contributed by atoms with Gasteiger partial charge in [-0.15, -0.1) is 0 Å². The topological polar surface area (TPSA) is 101 Å². The van der Waals surface area contributed by atoms with Crippen LogP contribution >= 0.6 is 0 Å². The summed E-state index contributed by atoms with van der Waals surface area (Å²) in [5.74, 6) is 0.588. The van der Waals surface area contributed by atoms with Crippen LogP contribution in [0.5, 0.6) is 0 Å². The molecule has 1 atom stereocenters. The Kier molecular flexibility index (Phi) is 6.59. The smallest absolute Gasteiger partial charge is 0.316 e. The number of hydrogen-bond donors (Lipinski definition) is 3. The van der Waals surface area contributed by atoms with Crippen molar-refractivity contribution >= 4 is 17.6 Å². The number of anilines is 1. The van der Waals surface area contributed by atoms with Crippen LogP contribution < -0.4 is 16.4 Å². The largest absolute Gasteiger partial charge is 0.468 e. The predicted molar refractivity (Wildman–Crippen MR) is 96.4 cm³/mol. The second-order valence-electron chi connectivity index (χ2n) is 5.53. The summed E-state index contributed by atoms with van der Waals surface area (Å²) in [4.78, 5) is 25.6. The molecule has 0 saturated carbocycles. The van der Waals surface area contributed by atoms with E-state index in [1.807, 2.05) is 12.1 Å². The maximum Gasteiger partial charge on any atom is 0.316 e. The van der Waals surface area contributed by atoms with Gasteiger partial charge >= 0.3 is 6.03 Å². The molecule has 1 aromatic carbocycles. The van der Waals surface area contributed by atoms with E-state index in [1.165, 1.54) is 0 Å². The van der Waals surface area contributed by atoms with E-state index in [9.17, 15) is 9.59 Å². The lowest BCUT2D eigenvalue weighted by Crippen LogP contribution is -2.38. The van der Waals surface area contributed by atoms with Gasteiger partial charge in [-0.1, -0.05) is 19.9 Å². The lowest BCUT2D eigenvalue weighted by atomic mass is 10.1. The van der Waals surface area contributed by atoms with E-state index in [4.69, 9.17) is 10.2 Å². The molecule has 134 valence electrons. The average molecular weight is 344 g/mol. The summed E-state index contributed by atoms with van der Waals surface area (Å²) in [5, 5.41) is 5.39. The van der Waals surface area contributed by atoms with Crippen LogP contribution in [0.2, 0.25) is 0 Å². The van der Waals surface area contributed by atoms with Gasteiger partial charge in [-0.2, -0.15) is 0 Å². The van der Waals surface area contributed by atoms with Gasteiger partial charge in [-0.25, -0.2) is 4.79 Å². The van der Waals surface area contributed by atoms with Crippen molar-refractivity contribution in [2.75, 3.05) is 25.0 Å². The van der Waals surface area contributed by atoms with Crippen molar-refractivity contribution < 1.29 is 14.0 Å². The number of urea groups is 1. The summed E-state index contributed by atoms with van der Waals surface area (Å²) in [7, 11) is 0. The molecule has 1 heterocycles. The molecule has 7 heteroatoms. The van der Waals surface area contributed by atoms with Crippen LogP contribution in [0.3, 0.4) is 0 Å². The number of nitrogens with two attached hydrogens (primary N) is 1. The van der Waals surface area contributed by atoms with Crippen LogP contribution in [0, 0.1) is 0 Å². The number of carbonyl (C=O) groups excluding carboxylic acids is 2. The summed E-state index contributed by atoms with van der Waals surface area (Å²) in [5.41, 5.74) is 6.03. The molecule has 0 aliphatic carbocycles. The molecule has 0 spiro atoms. The highest BCUT2D eigenvalue weighted by Crippen LogP contribution is 2.20. The van der Waals surface area contributed by atoms with E-state index < -0.39 is 6.03 Å². The molecule has 7 nitrogen and oxygen atoms in total. The van der Waals surface area contributed by atoms with Gasteiger partial charge in [-0.05, 0) is 43.4 Å². The third kappa shape index (κ3) is 5.09. The van der Waals surface area contributed by atoms with Crippen LogP contribution in [0.4, 0.5) is 10.5 Å². The first-order valence-corrected chi connectivity index (χ1v) is 8.27. The number of carbonyl (C=O) groups is 2. The maximum absolute atomic E-state index is 12.5. The minimum absolute atomic E-state index is 0.0409. The van der Waals surface area contributed by atoms with Gasteiger partial charge in [0.05, 0.1) is 12.3 Å². The zero-order valence-electron chi connectivity index (χ0n) is 14.5. The lowest BCUT2D eigenvalue weighted by molar-refractivity contribution is 0.0929. The van der Waals surface area contributed by atoms with Gasteiger partial charge in [0.2, 0.25) is 0 Å². The number of hydrogen-bond acceptors (Lipinski definition) is 4. The molecule has 0 aliphatic heterocycles. The van der Waals surface area contributed by atoms with E-state index in [0.717, 1.165) is 18.8 Å². The molecule has 0 saturated heterocycles.